The van der Waals surface area contributed by atoms with Crippen molar-refractivity contribution in [1.82, 2.24) is 5.32 Å². The molecule has 0 aromatic heterocycles. The van der Waals surface area contributed by atoms with Gasteiger partial charge < -0.3 is 10.4 Å². The number of hydrogen-bond acceptors (Lipinski definition) is 2. The van der Waals surface area contributed by atoms with E-state index in [1.165, 1.54) is 32.1 Å². The fourth-order valence-corrected chi connectivity index (χ4v) is 2.68. The van der Waals surface area contributed by atoms with Crippen molar-refractivity contribution in [3.8, 4) is 0 Å². The number of aliphatic carboxylic acids is 1. The first-order chi connectivity index (χ1) is 8.09. The number of rotatable bonds is 7. The van der Waals surface area contributed by atoms with Crippen LogP contribution in [-0.2, 0) is 4.79 Å². The van der Waals surface area contributed by atoms with E-state index >= 15 is 0 Å². The van der Waals surface area contributed by atoms with Crippen LogP contribution in [0.4, 0.5) is 0 Å². The molecule has 0 heterocycles. The van der Waals surface area contributed by atoms with Gasteiger partial charge in [-0.3, -0.25) is 4.79 Å². The average molecular weight is 241 g/mol. The number of hydrogen-bond donors (Lipinski definition) is 2. The SMILES string of the molecule is CC(C)CC(NCCC1CCCCC1)C(=O)O. The third-order valence-electron chi connectivity index (χ3n) is 3.67. The van der Waals surface area contributed by atoms with Crippen molar-refractivity contribution in [3.05, 3.63) is 0 Å². The third-order valence-corrected chi connectivity index (χ3v) is 3.67. The second kappa shape index (κ2) is 7.70. The normalized spacial score (nSPS) is 19.5. The Kier molecular flexibility index (Phi) is 6.56. The van der Waals surface area contributed by atoms with E-state index in [9.17, 15) is 4.79 Å². The monoisotopic (exact) mass is 241 g/mol. The Morgan fingerprint density at radius 2 is 1.94 bits per heavy atom. The number of nitrogens with one attached hydrogen (secondary N) is 1. The topological polar surface area (TPSA) is 49.3 Å². The molecular weight excluding hydrogens is 214 g/mol. The van der Waals surface area contributed by atoms with Gasteiger partial charge in [-0.05, 0) is 31.2 Å². The van der Waals surface area contributed by atoms with Crippen LogP contribution >= 0.6 is 0 Å². The van der Waals surface area contributed by atoms with Crippen molar-refractivity contribution in [2.24, 2.45) is 11.8 Å². The quantitative estimate of drug-likeness (QED) is 0.720. The van der Waals surface area contributed by atoms with Crippen molar-refractivity contribution in [1.29, 1.82) is 0 Å². The van der Waals surface area contributed by atoms with Gasteiger partial charge in [-0.1, -0.05) is 46.0 Å². The van der Waals surface area contributed by atoms with Gasteiger partial charge in [-0.25, -0.2) is 0 Å². The molecule has 0 aromatic carbocycles. The molecule has 0 amide bonds. The van der Waals surface area contributed by atoms with Crippen LogP contribution < -0.4 is 5.32 Å². The summed E-state index contributed by atoms with van der Waals surface area (Å²) in [6.07, 6.45) is 8.64. The van der Waals surface area contributed by atoms with Gasteiger partial charge in [0.25, 0.3) is 0 Å². The van der Waals surface area contributed by atoms with Gasteiger partial charge in [0.2, 0.25) is 0 Å². The predicted octanol–water partition coefficient (Wildman–Crippen LogP) is 3.05. The van der Waals surface area contributed by atoms with Crippen LogP contribution in [0.2, 0.25) is 0 Å². The highest BCUT2D eigenvalue weighted by Crippen LogP contribution is 2.25. The molecule has 0 aliphatic heterocycles. The molecule has 1 fully saturated rings. The van der Waals surface area contributed by atoms with Crippen LogP contribution in [-0.4, -0.2) is 23.7 Å². The second-order valence-corrected chi connectivity index (χ2v) is 5.77. The lowest BCUT2D eigenvalue weighted by atomic mass is 9.87. The standard InChI is InChI=1S/C14H27NO2/c1-11(2)10-13(14(16)17)15-9-8-12-6-4-3-5-7-12/h11-13,15H,3-10H2,1-2H3,(H,16,17). The predicted molar refractivity (Wildman–Crippen MR) is 70.1 cm³/mol. The highest BCUT2D eigenvalue weighted by Gasteiger charge is 2.19. The van der Waals surface area contributed by atoms with Gasteiger partial charge in [0.15, 0.2) is 0 Å². The minimum absolute atomic E-state index is 0.362. The Morgan fingerprint density at radius 1 is 1.29 bits per heavy atom. The molecule has 1 aliphatic carbocycles. The molecule has 17 heavy (non-hydrogen) atoms. The third kappa shape index (κ3) is 6.06. The first-order valence-electron chi connectivity index (χ1n) is 7.05. The van der Waals surface area contributed by atoms with Gasteiger partial charge in [0.05, 0.1) is 0 Å². The summed E-state index contributed by atoms with van der Waals surface area (Å²) in [5, 5.41) is 12.3. The summed E-state index contributed by atoms with van der Waals surface area (Å²) < 4.78 is 0. The molecule has 1 saturated carbocycles. The first-order valence-corrected chi connectivity index (χ1v) is 7.05. The molecule has 0 saturated heterocycles. The summed E-state index contributed by atoms with van der Waals surface area (Å²) in [6, 6.07) is -0.362. The fraction of sp³-hybridized carbons (Fsp3) is 0.929. The molecule has 0 radical (unpaired) electrons. The minimum atomic E-state index is -0.706. The molecule has 3 nitrogen and oxygen atoms in total. The van der Waals surface area contributed by atoms with E-state index < -0.39 is 5.97 Å². The van der Waals surface area contributed by atoms with Gasteiger partial charge in [-0.15, -0.1) is 0 Å². The lowest BCUT2D eigenvalue weighted by Gasteiger charge is -2.23. The molecule has 0 aromatic rings. The van der Waals surface area contributed by atoms with E-state index in [0.29, 0.717) is 5.92 Å². The van der Waals surface area contributed by atoms with Crippen LogP contribution in [0.25, 0.3) is 0 Å². The van der Waals surface area contributed by atoms with Crippen molar-refractivity contribution >= 4 is 5.97 Å². The zero-order chi connectivity index (χ0) is 12.7. The number of carbonyl (C=O) groups is 1. The lowest BCUT2D eigenvalue weighted by molar-refractivity contribution is -0.139. The fourth-order valence-electron chi connectivity index (χ4n) is 2.68. The zero-order valence-electron chi connectivity index (χ0n) is 11.2. The first kappa shape index (κ1) is 14.5. The summed E-state index contributed by atoms with van der Waals surface area (Å²) in [5.41, 5.74) is 0. The molecule has 3 heteroatoms. The van der Waals surface area contributed by atoms with E-state index in [1.807, 2.05) is 0 Å². The summed E-state index contributed by atoms with van der Waals surface area (Å²) >= 11 is 0. The highest BCUT2D eigenvalue weighted by atomic mass is 16.4. The molecule has 0 spiro atoms. The Labute approximate surface area is 105 Å². The van der Waals surface area contributed by atoms with Crippen molar-refractivity contribution < 1.29 is 9.90 Å². The summed E-state index contributed by atoms with van der Waals surface area (Å²) in [4.78, 5) is 11.1. The zero-order valence-corrected chi connectivity index (χ0v) is 11.2. The van der Waals surface area contributed by atoms with E-state index in [2.05, 4.69) is 19.2 Å². The maximum atomic E-state index is 11.1. The maximum Gasteiger partial charge on any atom is 0.320 e. The maximum absolute atomic E-state index is 11.1. The van der Waals surface area contributed by atoms with Crippen LogP contribution in [0.3, 0.4) is 0 Å². The van der Waals surface area contributed by atoms with Gasteiger partial charge in [-0.2, -0.15) is 0 Å². The Bertz CT molecular complexity index is 222. The van der Waals surface area contributed by atoms with Crippen LogP contribution in [0.5, 0.6) is 0 Å². The number of carboxylic acids is 1. The van der Waals surface area contributed by atoms with Gasteiger partial charge >= 0.3 is 5.97 Å². The van der Waals surface area contributed by atoms with E-state index in [-0.39, 0.29) is 6.04 Å². The van der Waals surface area contributed by atoms with Crippen LogP contribution in [0.1, 0.15) is 58.8 Å². The van der Waals surface area contributed by atoms with Gasteiger partial charge in [0, 0.05) is 0 Å². The molecule has 1 atom stereocenters. The van der Waals surface area contributed by atoms with Gasteiger partial charge in [0.1, 0.15) is 6.04 Å². The van der Waals surface area contributed by atoms with Crippen LogP contribution in [0.15, 0.2) is 0 Å². The molecule has 2 N–H and O–H groups in total. The smallest absolute Gasteiger partial charge is 0.320 e. The largest absolute Gasteiger partial charge is 0.480 e. The Balaban J connectivity index is 2.19. The molecule has 1 unspecified atom stereocenters. The lowest BCUT2D eigenvalue weighted by Crippen LogP contribution is -2.38. The van der Waals surface area contributed by atoms with Crippen molar-refractivity contribution in [2.75, 3.05) is 6.54 Å². The van der Waals surface area contributed by atoms with E-state index in [1.54, 1.807) is 0 Å². The van der Waals surface area contributed by atoms with E-state index in [0.717, 1.165) is 25.3 Å². The van der Waals surface area contributed by atoms with E-state index in [4.69, 9.17) is 5.11 Å². The summed E-state index contributed by atoms with van der Waals surface area (Å²) in [7, 11) is 0. The summed E-state index contributed by atoms with van der Waals surface area (Å²) in [5.74, 6) is 0.547. The molecule has 1 rings (SSSR count). The van der Waals surface area contributed by atoms with Crippen molar-refractivity contribution in [3.63, 3.8) is 0 Å². The van der Waals surface area contributed by atoms with Crippen molar-refractivity contribution in [2.45, 2.75) is 64.8 Å². The van der Waals surface area contributed by atoms with Crippen LogP contribution in [0, 0.1) is 11.8 Å². The molecule has 100 valence electrons. The molecular formula is C14H27NO2. The molecule has 0 bridgehead atoms. The molecule has 1 aliphatic rings. The number of carboxylic acid groups (broad SMARTS) is 1. The highest BCUT2D eigenvalue weighted by molar-refractivity contribution is 5.73. The summed E-state index contributed by atoms with van der Waals surface area (Å²) in [6.45, 7) is 4.99. The Morgan fingerprint density at radius 3 is 2.47 bits per heavy atom. The average Bonchev–Trinajstić information content (AvgIpc) is 2.28. The second-order valence-electron chi connectivity index (χ2n) is 5.77. The Hall–Kier alpha value is -0.570. The minimum Gasteiger partial charge on any atom is -0.480 e.